The lowest BCUT2D eigenvalue weighted by Gasteiger charge is -2.34. The van der Waals surface area contributed by atoms with E-state index in [4.69, 9.17) is 0 Å². The van der Waals surface area contributed by atoms with Crippen LogP contribution in [-0.2, 0) is 10.8 Å². The number of fused-ring (bicyclic) bond motifs is 9. The van der Waals surface area contributed by atoms with Crippen LogP contribution in [0.4, 0.5) is 17.1 Å². The first kappa shape index (κ1) is 31.5. The summed E-state index contributed by atoms with van der Waals surface area (Å²) in [6.45, 7) is 9.53. The lowest BCUT2D eigenvalue weighted by atomic mass is 9.81. The highest BCUT2D eigenvalue weighted by Gasteiger charge is 2.41. The Bertz CT molecular complexity index is 2670. The van der Waals surface area contributed by atoms with Gasteiger partial charge in [0.05, 0.1) is 11.4 Å². The molecule has 2 aliphatic carbocycles. The van der Waals surface area contributed by atoms with Gasteiger partial charge < -0.3 is 4.90 Å². The molecule has 0 atom stereocenters. The Hall–Kier alpha value is -5.44. The zero-order valence-electron chi connectivity index (χ0n) is 28.8. The monoisotopic (exact) mass is 675 g/mol. The van der Waals surface area contributed by atoms with E-state index < -0.39 is 0 Å². The number of nitrogens with zero attached hydrogens (tertiary/aromatic N) is 1. The van der Waals surface area contributed by atoms with Gasteiger partial charge >= 0.3 is 0 Å². The largest absolute Gasteiger partial charge is 0.310 e. The van der Waals surface area contributed by atoms with Crippen molar-refractivity contribution < 1.29 is 0 Å². The van der Waals surface area contributed by atoms with Crippen LogP contribution >= 0.6 is 11.3 Å². The molecule has 0 spiro atoms. The normalized spacial score (nSPS) is 14.4. The van der Waals surface area contributed by atoms with Crippen LogP contribution in [0.1, 0.15) is 57.4 Å². The summed E-state index contributed by atoms with van der Waals surface area (Å²) in [6.07, 6.45) is 0. The highest BCUT2D eigenvalue weighted by atomic mass is 32.1. The minimum Gasteiger partial charge on any atom is -0.310 e. The van der Waals surface area contributed by atoms with E-state index >= 15 is 0 Å². The van der Waals surface area contributed by atoms with Crippen molar-refractivity contribution in [1.29, 1.82) is 0 Å². The molecule has 0 N–H and O–H groups in total. The van der Waals surface area contributed by atoms with Crippen molar-refractivity contribution in [3.8, 4) is 33.4 Å². The standard InChI is InChI=1S/C48H37NS.CH4/c1-47(2)39-21-9-6-18-37(39)45-40(47)22-13-23-41(45)49(42-24-12-19-36-33-16-5-8-20-38(33)48(3,4)46(36)42)32-15-11-14-30(28-32)31-26-27-35-34-17-7-10-25-43(34)50-44(35)29-31;/h5-29H,1-4H3;1H4. The number of anilines is 3. The van der Waals surface area contributed by atoms with E-state index in [-0.39, 0.29) is 18.3 Å². The second-order valence-corrected chi connectivity index (χ2v) is 16.0. The maximum Gasteiger partial charge on any atom is 0.0543 e. The third kappa shape index (κ3) is 4.46. The van der Waals surface area contributed by atoms with Crippen molar-refractivity contribution in [3.63, 3.8) is 0 Å². The Labute approximate surface area is 305 Å². The number of rotatable bonds is 4. The van der Waals surface area contributed by atoms with E-state index in [1.54, 1.807) is 0 Å². The molecule has 2 heteroatoms. The number of hydrogen-bond donors (Lipinski definition) is 0. The molecule has 0 aliphatic heterocycles. The maximum absolute atomic E-state index is 2.56. The Balaban J connectivity index is 0.00000348. The summed E-state index contributed by atoms with van der Waals surface area (Å²) >= 11 is 1.88. The fourth-order valence-electron chi connectivity index (χ4n) is 9.06. The summed E-state index contributed by atoms with van der Waals surface area (Å²) in [5, 5.41) is 2.66. The fourth-order valence-corrected chi connectivity index (χ4v) is 10.2. The molecular formula is C49H41NS. The van der Waals surface area contributed by atoms with Crippen molar-refractivity contribution in [3.05, 3.63) is 174 Å². The molecular weight excluding hydrogens is 635 g/mol. The summed E-state index contributed by atoms with van der Waals surface area (Å²) in [5.74, 6) is 0. The lowest BCUT2D eigenvalue weighted by molar-refractivity contribution is 0.659. The molecule has 7 aromatic carbocycles. The first-order valence-electron chi connectivity index (χ1n) is 17.6. The van der Waals surface area contributed by atoms with Gasteiger partial charge in [-0.2, -0.15) is 0 Å². The molecule has 10 rings (SSSR count). The molecule has 0 bridgehead atoms. The molecule has 0 radical (unpaired) electrons. The van der Waals surface area contributed by atoms with Gasteiger partial charge in [-0.05, 0) is 86.5 Å². The molecule has 51 heavy (non-hydrogen) atoms. The van der Waals surface area contributed by atoms with Crippen LogP contribution in [-0.4, -0.2) is 0 Å². The third-order valence-electron chi connectivity index (χ3n) is 11.4. The van der Waals surface area contributed by atoms with E-state index in [0.717, 1.165) is 5.69 Å². The number of hydrogen-bond acceptors (Lipinski definition) is 2. The first-order valence-corrected chi connectivity index (χ1v) is 18.4. The molecule has 0 amide bonds. The SMILES string of the molecule is C.CC1(C)c2ccccc2-c2c(N(c3cccc(-c4ccc5c(c4)sc4ccccc45)c3)c3cccc4c3C(C)(C)c3ccccc3-4)cccc21. The summed E-state index contributed by atoms with van der Waals surface area (Å²) in [4.78, 5) is 2.56. The predicted octanol–water partition coefficient (Wildman–Crippen LogP) is 14.4. The molecule has 0 fully saturated rings. The second kappa shape index (κ2) is 11.3. The first-order chi connectivity index (χ1) is 24.3. The van der Waals surface area contributed by atoms with Gasteiger partial charge in [0, 0.05) is 42.3 Å². The van der Waals surface area contributed by atoms with Crippen molar-refractivity contribution in [2.24, 2.45) is 0 Å². The van der Waals surface area contributed by atoms with Gasteiger partial charge in [0.1, 0.15) is 0 Å². The van der Waals surface area contributed by atoms with Gasteiger partial charge in [-0.15, -0.1) is 11.3 Å². The minimum atomic E-state index is -0.167. The quantitative estimate of drug-likeness (QED) is 0.179. The summed E-state index contributed by atoms with van der Waals surface area (Å²) in [5.41, 5.74) is 16.7. The second-order valence-electron chi connectivity index (χ2n) is 14.9. The predicted molar refractivity (Wildman–Crippen MR) is 221 cm³/mol. The number of benzene rings is 7. The Morgan fingerprint density at radius 3 is 1.90 bits per heavy atom. The highest BCUT2D eigenvalue weighted by molar-refractivity contribution is 7.25. The van der Waals surface area contributed by atoms with E-state index in [9.17, 15) is 0 Å². The zero-order valence-corrected chi connectivity index (χ0v) is 29.6. The van der Waals surface area contributed by atoms with Crippen LogP contribution in [0.5, 0.6) is 0 Å². The Kier molecular flexibility index (Phi) is 6.98. The van der Waals surface area contributed by atoms with Crippen molar-refractivity contribution in [2.45, 2.75) is 46.0 Å². The number of thiophene rings is 1. The van der Waals surface area contributed by atoms with Crippen LogP contribution < -0.4 is 4.90 Å². The molecule has 0 saturated heterocycles. The zero-order chi connectivity index (χ0) is 33.8. The van der Waals surface area contributed by atoms with Crippen LogP contribution in [0.3, 0.4) is 0 Å². The topological polar surface area (TPSA) is 3.24 Å². The van der Waals surface area contributed by atoms with Gasteiger partial charge in [-0.3, -0.25) is 0 Å². The van der Waals surface area contributed by atoms with Crippen molar-refractivity contribution in [1.82, 2.24) is 0 Å². The van der Waals surface area contributed by atoms with Gasteiger partial charge in [-0.25, -0.2) is 0 Å². The fraction of sp³-hybridized carbons (Fsp3) is 0.143. The Morgan fingerprint density at radius 1 is 0.451 bits per heavy atom. The molecule has 8 aromatic rings. The van der Waals surface area contributed by atoms with Gasteiger partial charge in [0.25, 0.3) is 0 Å². The van der Waals surface area contributed by atoms with E-state index in [0.29, 0.717) is 0 Å². The summed E-state index contributed by atoms with van der Waals surface area (Å²) in [6, 6.07) is 56.7. The molecule has 1 nitrogen and oxygen atoms in total. The average Bonchev–Trinajstić information content (AvgIpc) is 3.72. The lowest BCUT2D eigenvalue weighted by Crippen LogP contribution is -2.21. The van der Waals surface area contributed by atoms with E-state index in [1.165, 1.54) is 87.2 Å². The van der Waals surface area contributed by atoms with Gasteiger partial charge in [0.15, 0.2) is 0 Å². The average molecular weight is 676 g/mol. The van der Waals surface area contributed by atoms with Gasteiger partial charge in [-0.1, -0.05) is 150 Å². The van der Waals surface area contributed by atoms with E-state index in [1.807, 2.05) is 11.3 Å². The highest BCUT2D eigenvalue weighted by Crippen LogP contribution is 2.58. The van der Waals surface area contributed by atoms with Crippen LogP contribution in [0, 0.1) is 0 Å². The molecule has 248 valence electrons. The minimum absolute atomic E-state index is 0. The molecule has 0 saturated carbocycles. The molecule has 1 heterocycles. The summed E-state index contributed by atoms with van der Waals surface area (Å²) < 4.78 is 2.66. The van der Waals surface area contributed by atoms with E-state index in [2.05, 4.69) is 184 Å². The van der Waals surface area contributed by atoms with Gasteiger partial charge in [0.2, 0.25) is 0 Å². The summed E-state index contributed by atoms with van der Waals surface area (Å²) in [7, 11) is 0. The molecule has 1 aromatic heterocycles. The van der Waals surface area contributed by atoms with Crippen molar-refractivity contribution in [2.75, 3.05) is 4.90 Å². The smallest absolute Gasteiger partial charge is 0.0543 e. The molecule has 2 aliphatic rings. The van der Waals surface area contributed by atoms with Crippen LogP contribution in [0.25, 0.3) is 53.6 Å². The molecule has 0 unspecified atom stereocenters. The van der Waals surface area contributed by atoms with Crippen LogP contribution in [0.15, 0.2) is 152 Å². The van der Waals surface area contributed by atoms with Crippen LogP contribution in [0.2, 0.25) is 0 Å². The maximum atomic E-state index is 2.56. The van der Waals surface area contributed by atoms with Crippen molar-refractivity contribution >= 4 is 48.6 Å². The third-order valence-corrected chi connectivity index (χ3v) is 12.6. The Morgan fingerprint density at radius 2 is 1.06 bits per heavy atom.